The van der Waals surface area contributed by atoms with Gasteiger partial charge in [-0.3, -0.25) is 16.3 Å². The molecule has 0 bridgehead atoms. The summed E-state index contributed by atoms with van der Waals surface area (Å²) in [6, 6.07) is 2.21. The molecule has 1 unspecified atom stereocenters. The molecule has 3 N–H and O–H groups in total. The maximum atomic E-state index is 6.20. The molecular weight excluding hydrogens is 330 g/mol. The average Bonchev–Trinajstić information content (AvgIpc) is 2.48. The minimum Gasteiger partial charge on any atom is -0.374 e. The van der Waals surface area contributed by atoms with Gasteiger partial charge in [-0.1, -0.05) is 6.92 Å². The molecule has 1 heterocycles. The van der Waals surface area contributed by atoms with Crippen molar-refractivity contribution in [3.8, 4) is 0 Å². The first-order valence-corrected chi connectivity index (χ1v) is 8.58. The lowest BCUT2D eigenvalue weighted by atomic mass is 9.74. The Morgan fingerprint density at radius 2 is 2.19 bits per heavy atom. The smallest absolute Gasteiger partial charge is 0.0851 e. The van der Waals surface area contributed by atoms with Gasteiger partial charge in [0.15, 0.2) is 0 Å². The largest absolute Gasteiger partial charge is 0.374 e. The van der Waals surface area contributed by atoms with E-state index in [-0.39, 0.29) is 11.6 Å². The van der Waals surface area contributed by atoms with E-state index >= 15 is 0 Å². The molecule has 0 aliphatic heterocycles. The Kier molecular flexibility index (Phi) is 6.17. The van der Waals surface area contributed by atoms with Crippen LogP contribution in [0.1, 0.15) is 45.1 Å². The molecule has 1 aromatic rings. The lowest BCUT2D eigenvalue weighted by molar-refractivity contribution is -0.0961. The zero-order chi connectivity index (χ0) is 15.3. The molecule has 0 saturated heterocycles. The number of pyridine rings is 1. The predicted molar refractivity (Wildman–Crippen MR) is 88.7 cm³/mol. The van der Waals surface area contributed by atoms with Gasteiger partial charge in [0.1, 0.15) is 0 Å². The predicted octanol–water partition coefficient (Wildman–Crippen LogP) is 3.20. The van der Waals surface area contributed by atoms with Crippen LogP contribution in [0.5, 0.6) is 0 Å². The quantitative estimate of drug-likeness (QED) is 0.607. The van der Waals surface area contributed by atoms with Gasteiger partial charge in [0, 0.05) is 23.5 Å². The van der Waals surface area contributed by atoms with Gasteiger partial charge in [-0.05, 0) is 72.5 Å². The van der Waals surface area contributed by atoms with E-state index in [1.807, 2.05) is 6.20 Å². The fourth-order valence-corrected chi connectivity index (χ4v) is 3.74. The number of nitrogens with one attached hydrogen (secondary N) is 1. The number of hydrogen-bond donors (Lipinski definition) is 2. The maximum Gasteiger partial charge on any atom is 0.0851 e. The third-order valence-electron chi connectivity index (χ3n) is 4.59. The van der Waals surface area contributed by atoms with Gasteiger partial charge < -0.3 is 4.74 Å². The van der Waals surface area contributed by atoms with Gasteiger partial charge in [-0.25, -0.2) is 0 Å². The zero-order valence-corrected chi connectivity index (χ0v) is 14.5. The molecule has 4 nitrogen and oxygen atoms in total. The summed E-state index contributed by atoms with van der Waals surface area (Å²) < 4.78 is 7.20. The summed E-state index contributed by atoms with van der Waals surface area (Å²) in [5, 5.41) is 0. The van der Waals surface area contributed by atoms with Crippen molar-refractivity contribution in [2.24, 2.45) is 11.8 Å². The molecule has 2 rings (SSSR count). The average molecular weight is 356 g/mol. The van der Waals surface area contributed by atoms with Crippen LogP contribution in [0.4, 0.5) is 0 Å². The minimum atomic E-state index is -0.154. The van der Waals surface area contributed by atoms with Gasteiger partial charge in [-0.2, -0.15) is 0 Å². The second-order valence-corrected chi connectivity index (χ2v) is 7.03. The van der Waals surface area contributed by atoms with E-state index in [2.05, 4.69) is 46.3 Å². The molecule has 1 atom stereocenters. The minimum absolute atomic E-state index is 0.112. The summed E-state index contributed by atoms with van der Waals surface area (Å²) in [5.41, 5.74) is 4.03. The van der Waals surface area contributed by atoms with Gasteiger partial charge in [-0.15, -0.1) is 0 Å². The molecule has 0 amide bonds. The van der Waals surface area contributed by atoms with Crippen molar-refractivity contribution < 1.29 is 4.74 Å². The fraction of sp³-hybridized carbons (Fsp3) is 0.688. The molecule has 0 radical (unpaired) electrons. The Morgan fingerprint density at radius 3 is 2.76 bits per heavy atom. The highest BCUT2D eigenvalue weighted by atomic mass is 79.9. The van der Waals surface area contributed by atoms with Crippen LogP contribution in [0.2, 0.25) is 0 Å². The molecule has 5 heteroatoms. The molecule has 1 aromatic heterocycles. The van der Waals surface area contributed by atoms with Crippen LogP contribution in [-0.4, -0.2) is 23.2 Å². The molecule has 21 heavy (non-hydrogen) atoms. The summed E-state index contributed by atoms with van der Waals surface area (Å²) >= 11 is 3.48. The van der Waals surface area contributed by atoms with Gasteiger partial charge in [0.25, 0.3) is 0 Å². The number of rotatable bonds is 6. The highest BCUT2D eigenvalue weighted by Gasteiger charge is 2.41. The van der Waals surface area contributed by atoms with Crippen LogP contribution < -0.4 is 11.3 Å². The summed E-state index contributed by atoms with van der Waals surface area (Å²) in [6.45, 7) is 5.11. The van der Waals surface area contributed by atoms with E-state index in [0.717, 1.165) is 36.3 Å². The molecular formula is C16H26BrN3O. The summed E-state index contributed by atoms with van der Waals surface area (Å²) in [4.78, 5) is 4.24. The van der Waals surface area contributed by atoms with E-state index in [4.69, 9.17) is 10.6 Å². The van der Waals surface area contributed by atoms with Crippen molar-refractivity contribution in [1.29, 1.82) is 0 Å². The highest BCUT2D eigenvalue weighted by molar-refractivity contribution is 9.10. The van der Waals surface area contributed by atoms with Crippen LogP contribution >= 0.6 is 15.9 Å². The van der Waals surface area contributed by atoms with Crippen molar-refractivity contribution in [3.05, 3.63) is 28.5 Å². The SMILES string of the molecule is CCOC1(C(Cc2cncc(Br)c2)NN)CCC(C)CC1. The topological polar surface area (TPSA) is 60.2 Å². The van der Waals surface area contributed by atoms with Crippen molar-refractivity contribution in [2.45, 2.75) is 57.6 Å². The van der Waals surface area contributed by atoms with Crippen molar-refractivity contribution in [1.82, 2.24) is 10.4 Å². The molecule has 1 saturated carbocycles. The highest BCUT2D eigenvalue weighted by Crippen LogP contribution is 2.38. The summed E-state index contributed by atoms with van der Waals surface area (Å²) in [7, 11) is 0. The van der Waals surface area contributed by atoms with E-state index in [9.17, 15) is 0 Å². The zero-order valence-electron chi connectivity index (χ0n) is 12.9. The first-order chi connectivity index (χ1) is 10.1. The van der Waals surface area contributed by atoms with E-state index in [1.54, 1.807) is 6.20 Å². The standard InChI is InChI=1S/C16H26BrN3O/c1-3-21-16(6-4-12(2)5-7-16)15(20-18)9-13-8-14(17)11-19-10-13/h8,10-12,15,20H,3-7,9,18H2,1-2H3. The lowest BCUT2D eigenvalue weighted by Gasteiger charge is -2.44. The molecule has 1 aliphatic carbocycles. The van der Waals surface area contributed by atoms with Crippen molar-refractivity contribution in [2.75, 3.05) is 6.61 Å². The van der Waals surface area contributed by atoms with Crippen LogP contribution in [0.25, 0.3) is 0 Å². The Bertz CT molecular complexity index is 447. The number of aromatic nitrogens is 1. The van der Waals surface area contributed by atoms with Gasteiger partial charge in [0.2, 0.25) is 0 Å². The van der Waals surface area contributed by atoms with Crippen LogP contribution in [0.15, 0.2) is 22.9 Å². The number of nitrogens with zero attached hydrogens (tertiary/aromatic N) is 1. The van der Waals surface area contributed by atoms with E-state index in [1.165, 1.54) is 18.4 Å². The van der Waals surface area contributed by atoms with Crippen LogP contribution in [0, 0.1) is 5.92 Å². The number of ether oxygens (including phenoxy) is 1. The third-order valence-corrected chi connectivity index (χ3v) is 5.02. The molecule has 1 fully saturated rings. The number of halogens is 1. The second kappa shape index (κ2) is 7.68. The molecule has 118 valence electrons. The van der Waals surface area contributed by atoms with Crippen molar-refractivity contribution in [3.63, 3.8) is 0 Å². The number of hydrogen-bond acceptors (Lipinski definition) is 4. The normalized spacial score (nSPS) is 27.5. The maximum absolute atomic E-state index is 6.20. The van der Waals surface area contributed by atoms with E-state index in [0.29, 0.717) is 0 Å². The summed E-state index contributed by atoms with van der Waals surface area (Å²) in [6.07, 6.45) is 9.08. The van der Waals surface area contributed by atoms with Crippen LogP contribution in [-0.2, 0) is 11.2 Å². The molecule has 1 aliphatic rings. The monoisotopic (exact) mass is 355 g/mol. The number of nitrogens with two attached hydrogens (primary N) is 1. The Balaban J connectivity index is 2.15. The van der Waals surface area contributed by atoms with Crippen molar-refractivity contribution >= 4 is 15.9 Å². The second-order valence-electron chi connectivity index (χ2n) is 6.12. The third kappa shape index (κ3) is 4.25. The Hall–Kier alpha value is -0.490. The molecule has 0 aromatic carbocycles. The Morgan fingerprint density at radius 1 is 1.48 bits per heavy atom. The lowest BCUT2D eigenvalue weighted by Crippen LogP contribution is -2.57. The van der Waals surface area contributed by atoms with Gasteiger partial charge >= 0.3 is 0 Å². The first-order valence-electron chi connectivity index (χ1n) is 7.79. The molecule has 0 spiro atoms. The Labute approximate surface area is 136 Å². The van der Waals surface area contributed by atoms with E-state index < -0.39 is 0 Å². The summed E-state index contributed by atoms with van der Waals surface area (Å²) in [5.74, 6) is 6.66. The van der Waals surface area contributed by atoms with Gasteiger partial charge in [0.05, 0.1) is 11.6 Å². The first kappa shape index (κ1) is 16.9. The van der Waals surface area contributed by atoms with Crippen LogP contribution in [0.3, 0.4) is 0 Å². The number of hydrazine groups is 1. The fourth-order valence-electron chi connectivity index (χ4n) is 3.33.